The molecule has 5 heteroatoms. The van der Waals surface area contributed by atoms with Crippen molar-refractivity contribution in [2.45, 2.75) is 123 Å². The second kappa shape index (κ2) is 9.32. The Bertz CT molecular complexity index is 656. The zero-order chi connectivity index (χ0) is 23.3. The Morgan fingerprint density at radius 2 is 1.59 bits per heavy atom. The van der Waals surface area contributed by atoms with Crippen LogP contribution in [0.25, 0.3) is 0 Å². The smallest absolute Gasteiger partial charge is 0.410 e. The van der Waals surface area contributed by atoms with Crippen LogP contribution < -0.4 is 5.32 Å². The third kappa shape index (κ3) is 6.17. The highest BCUT2D eigenvalue weighted by atomic mass is 32.2. The van der Waals surface area contributed by atoms with E-state index in [4.69, 9.17) is 4.74 Å². The molecule has 4 bridgehead atoms. The van der Waals surface area contributed by atoms with Crippen LogP contribution in [0.5, 0.6) is 0 Å². The van der Waals surface area contributed by atoms with Crippen LogP contribution in [0.4, 0.5) is 4.79 Å². The molecule has 4 saturated heterocycles. The summed E-state index contributed by atoms with van der Waals surface area (Å²) in [5, 5.41) is 3.98. The van der Waals surface area contributed by atoms with Gasteiger partial charge in [0.05, 0.1) is 0 Å². The van der Waals surface area contributed by atoms with Gasteiger partial charge < -0.3 is 15.0 Å². The molecule has 4 rings (SSSR count). The molecule has 0 aromatic carbocycles. The Morgan fingerprint density at radius 1 is 0.938 bits per heavy atom. The predicted octanol–water partition coefficient (Wildman–Crippen LogP) is 5.99. The number of nitrogens with zero attached hydrogens (tertiary/aromatic N) is 1. The summed E-state index contributed by atoms with van der Waals surface area (Å²) in [6.07, 6.45) is 12.8. The van der Waals surface area contributed by atoms with Gasteiger partial charge in [-0.15, -0.1) is 0 Å². The average molecular weight is 467 g/mol. The number of carbonyl (C=O) groups excluding carboxylic acids is 1. The van der Waals surface area contributed by atoms with Gasteiger partial charge in [-0.25, -0.2) is 4.79 Å². The predicted molar refractivity (Wildman–Crippen MR) is 138 cm³/mol. The molecule has 0 radical (unpaired) electrons. The topological polar surface area (TPSA) is 41.6 Å². The highest BCUT2D eigenvalue weighted by molar-refractivity contribution is 8.16. The summed E-state index contributed by atoms with van der Waals surface area (Å²) in [4.78, 5) is 14.9. The van der Waals surface area contributed by atoms with Gasteiger partial charge >= 0.3 is 6.09 Å². The van der Waals surface area contributed by atoms with Crippen molar-refractivity contribution >= 4 is 17.0 Å². The van der Waals surface area contributed by atoms with E-state index in [0.717, 1.165) is 29.8 Å². The molecule has 186 valence electrons. The van der Waals surface area contributed by atoms with Crippen molar-refractivity contribution in [3.8, 4) is 0 Å². The van der Waals surface area contributed by atoms with Crippen molar-refractivity contribution in [3.05, 3.63) is 0 Å². The first kappa shape index (κ1) is 24.7. The molecular formula is C27H50N2O2S. The lowest BCUT2D eigenvalue weighted by atomic mass is 9.78. The van der Waals surface area contributed by atoms with Crippen LogP contribution in [0.2, 0.25) is 0 Å². The Balaban J connectivity index is 1.25. The third-order valence-electron chi connectivity index (χ3n) is 8.26. The van der Waals surface area contributed by atoms with Gasteiger partial charge in [0.1, 0.15) is 5.60 Å². The average Bonchev–Trinajstić information content (AvgIpc) is 3.05. The zero-order valence-corrected chi connectivity index (χ0v) is 22.7. The fraction of sp³-hybridized carbons (Fsp3) is 0.963. The number of hydrogen-bond acceptors (Lipinski definition) is 3. The Kier molecular flexibility index (Phi) is 7.19. The maximum atomic E-state index is 12.8. The first-order valence-corrected chi connectivity index (χ1v) is 15.5. The molecule has 0 aromatic rings. The van der Waals surface area contributed by atoms with Gasteiger partial charge in [0, 0.05) is 24.2 Å². The molecule has 4 aliphatic heterocycles. The molecule has 0 saturated carbocycles. The molecule has 7 atom stereocenters. The fourth-order valence-electron chi connectivity index (χ4n) is 7.52. The van der Waals surface area contributed by atoms with Crippen LogP contribution in [-0.4, -0.2) is 58.5 Å². The highest BCUT2D eigenvalue weighted by Crippen LogP contribution is 2.45. The van der Waals surface area contributed by atoms with E-state index in [1.165, 1.54) is 62.9 Å². The maximum absolute atomic E-state index is 12.8. The molecule has 4 heterocycles. The molecule has 1 N–H and O–H groups in total. The molecule has 7 unspecified atom stereocenters. The number of thiol groups is 1. The van der Waals surface area contributed by atoms with Crippen LogP contribution in [0.15, 0.2) is 0 Å². The summed E-state index contributed by atoms with van der Waals surface area (Å²) in [6, 6.07) is 2.39. The van der Waals surface area contributed by atoms with Crippen molar-refractivity contribution in [2.24, 2.45) is 23.2 Å². The number of amides is 1. The summed E-state index contributed by atoms with van der Waals surface area (Å²) in [5.74, 6) is 5.49. The van der Waals surface area contributed by atoms with E-state index in [0.29, 0.717) is 17.5 Å². The lowest BCUT2D eigenvalue weighted by molar-refractivity contribution is 0.00338. The number of rotatable bonds is 5. The van der Waals surface area contributed by atoms with Crippen molar-refractivity contribution < 1.29 is 9.53 Å². The fourth-order valence-corrected chi connectivity index (χ4v) is 10.1. The van der Waals surface area contributed by atoms with Crippen LogP contribution in [0.3, 0.4) is 0 Å². The number of piperidine rings is 2. The minimum absolute atomic E-state index is 0.0728. The molecule has 0 spiro atoms. The summed E-state index contributed by atoms with van der Waals surface area (Å²) >= 11 is 0. The Hall–Kier alpha value is -0.420. The van der Waals surface area contributed by atoms with E-state index < -0.39 is 5.60 Å². The minimum Gasteiger partial charge on any atom is -0.444 e. The van der Waals surface area contributed by atoms with Gasteiger partial charge in [0.25, 0.3) is 0 Å². The van der Waals surface area contributed by atoms with Gasteiger partial charge in [-0.1, -0.05) is 20.8 Å². The van der Waals surface area contributed by atoms with E-state index in [-0.39, 0.29) is 17.0 Å². The SMILES string of the molecule is C[SH](CC1CC2CCC(C1)N2C(=O)OC(C)(C)C)CC1CC2CC(CC(C)(C)C)CC1N2. The Labute approximate surface area is 200 Å². The summed E-state index contributed by atoms with van der Waals surface area (Å²) in [5.41, 5.74) is 0.0618. The summed E-state index contributed by atoms with van der Waals surface area (Å²) < 4.78 is 5.73. The normalized spacial score (nSPS) is 38.7. The maximum Gasteiger partial charge on any atom is 0.410 e. The van der Waals surface area contributed by atoms with Gasteiger partial charge in [-0.05, 0) is 113 Å². The van der Waals surface area contributed by atoms with Gasteiger partial charge in [0.15, 0.2) is 0 Å². The number of ether oxygens (including phenoxy) is 1. The van der Waals surface area contributed by atoms with Gasteiger partial charge in [-0.3, -0.25) is 10.9 Å². The second-order valence-electron chi connectivity index (χ2n) is 13.9. The first-order chi connectivity index (χ1) is 14.9. The van der Waals surface area contributed by atoms with E-state index >= 15 is 0 Å². The van der Waals surface area contributed by atoms with E-state index in [1.807, 2.05) is 20.8 Å². The number of fused-ring (bicyclic) bond motifs is 4. The lowest BCUT2D eigenvalue weighted by Gasteiger charge is -2.41. The standard InChI is InChI=1S/C27H50N2O2S/c1-26(2,3)15-18-10-21-14-20(24(13-18)28-21)17-32(7)16-19-11-22-8-9-23(12-19)29(22)25(30)31-27(4,5)6/h18-24,28,32H,8-17H2,1-7H3. The number of carbonyl (C=O) groups is 1. The van der Waals surface area contributed by atoms with Crippen molar-refractivity contribution in [1.82, 2.24) is 10.2 Å². The highest BCUT2D eigenvalue weighted by Gasteiger charge is 2.45. The van der Waals surface area contributed by atoms with E-state index in [1.54, 1.807) is 0 Å². The van der Waals surface area contributed by atoms with E-state index in [9.17, 15) is 4.79 Å². The van der Waals surface area contributed by atoms with Gasteiger partial charge in [-0.2, -0.15) is 0 Å². The van der Waals surface area contributed by atoms with Crippen LogP contribution in [-0.2, 0) is 4.74 Å². The van der Waals surface area contributed by atoms with Gasteiger partial charge in [0.2, 0.25) is 0 Å². The molecule has 1 amide bonds. The van der Waals surface area contributed by atoms with E-state index in [2.05, 4.69) is 37.2 Å². The number of nitrogens with one attached hydrogen (secondary N) is 1. The summed E-state index contributed by atoms with van der Waals surface area (Å²) in [6.45, 7) is 13.1. The van der Waals surface area contributed by atoms with Crippen LogP contribution in [0, 0.1) is 23.2 Å². The zero-order valence-electron chi connectivity index (χ0n) is 21.8. The quantitative estimate of drug-likeness (QED) is 0.489. The van der Waals surface area contributed by atoms with Crippen LogP contribution >= 0.6 is 10.9 Å². The van der Waals surface area contributed by atoms with Crippen LogP contribution in [0.1, 0.15) is 92.9 Å². The largest absolute Gasteiger partial charge is 0.444 e. The summed E-state index contributed by atoms with van der Waals surface area (Å²) in [7, 11) is 0.0841. The number of hydrogen-bond donors (Lipinski definition) is 2. The molecule has 4 fully saturated rings. The van der Waals surface area contributed by atoms with Crippen molar-refractivity contribution in [2.75, 3.05) is 17.8 Å². The van der Waals surface area contributed by atoms with Crippen molar-refractivity contribution in [3.63, 3.8) is 0 Å². The first-order valence-electron chi connectivity index (χ1n) is 13.3. The third-order valence-corrected chi connectivity index (χ3v) is 10.5. The molecule has 0 aliphatic carbocycles. The molecule has 4 nitrogen and oxygen atoms in total. The molecule has 0 aromatic heterocycles. The lowest BCUT2D eigenvalue weighted by Crippen LogP contribution is -2.49. The molecule has 32 heavy (non-hydrogen) atoms. The monoisotopic (exact) mass is 466 g/mol. The molecular weight excluding hydrogens is 416 g/mol. The van der Waals surface area contributed by atoms with Crippen molar-refractivity contribution in [1.29, 1.82) is 0 Å². The Morgan fingerprint density at radius 3 is 2.19 bits per heavy atom. The second-order valence-corrected chi connectivity index (χ2v) is 16.3. The minimum atomic E-state index is -0.398. The molecule has 4 aliphatic rings.